The fraction of sp³-hybridized carbons (Fsp3) is 0.222. The number of pyridine rings is 1. The number of hydrogen-bond acceptors (Lipinski definition) is 3. The van der Waals surface area contributed by atoms with Crippen molar-refractivity contribution in [2.75, 3.05) is 14.2 Å². The molecule has 1 aromatic heterocycles. The predicted molar refractivity (Wildman–Crippen MR) is 51.8 cm³/mol. The molecule has 1 rings (SSSR count). The molecule has 70 valence electrons. The van der Waals surface area contributed by atoms with Gasteiger partial charge in [0, 0.05) is 6.20 Å². The standard InChI is InChI=1S/C9H10ClNO2/c1-12-6-4-7-8(13-2)3-5-11-9(7)10/h3-6H,1-2H3/b6-4+. The molecule has 0 fully saturated rings. The summed E-state index contributed by atoms with van der Waals surface area (Å²) in [6.45, 7) is 0. The molecule has 0 radical (unpaired) electrons. The minimum Gasteiger partial charge on any atom is -0.504 e. The summed E-state index contributed by atoms with van der Waals surface area (Å²) < 4.78 is 9.87. The molecule has 3 nitrogen and oxygen atoms in total. The summed E-state index contributed by atoms with van der Waals surface area (Å²) in [7, 11) is 3.14. The summed E-state index contributed by atoms with van der Waals surface area (Å²) in [5.41, 5.74) is 0.716. The van der Waals surface area contributed by atoms with Crippen LogP contribution in [-0.2, 0) is 4.74 Å². The van der Waals surface area contributed by atoms with Crippen molar-refractivity contribution in [1.29, 1.82) is 0 Å². The summed E-state index contributed by atoms with van der Waals surface area (Å²) >= 11 is 5.85. The van der Waals surface area contributed by atoms with Gasteiger partial charge < -0.3 is 9.47 Å². The average Bonchev–Trinajstić information content (AvgIpc) is 2.15. The van der Waals surface area contributed by atoms with Crippen LogP contribution in [0.5, 0.6) is 5.75 Å². The molecule has 0 atom stereocenters. The lowest BCUT2D eigenvalue weighted by atomic mass is 10.2. The van der Waals surface area contributed by atoms with Crippen LogP contribution < -0.4 is 4.74 Å². The molecule has 0 saturated heterocycles. The number of rotatable bonds is 3. The summed E-state index contributed by atoms with van der Waals surface area (Å²) in [5, 5.41) is 0.396. The van der Waals surface area contributed by atoms with E-state index in [2.05, 4.69) is 4.98 Å². The fourth-order valence-electron chi connectivity index (χ4n) is 0.896. The third kappa shape index (κ3) is 2.36. The molecule has 1 aromatic rings. The summed E-state index contributed by atoms with van der Waals surface area (Å²) in [6, 6.07) is 1.74. The lowest BCUT2D eigenvalue weighted by Gasteiger charge is -2.04. The number of nitrogens with zero attached hydrogens (tertiary/aromatic N) is 1. The van der Waals surface area contributed by atoms with Gasteiger partial charge >= 0.3 is 0 Å². The third-order valence-corrected chi connectivity index (χ3v) is 1.79. The summed E-state index contributed by atoms with van der Waals surface area (Å²) in [4.78, 5) is 3.92. The first-order valence-corrected chi connectivity index (χ1v) is 4.05. The molecule has 0 aliphatic heterocycles. The van der Waals surface area contributed by atoms with Crippen LogP contribution in [0.1, 0.15) is 5.56 Å². The van der Waals surface area contributed by atoms with Gasteiger partial charge in [-0.1, -0.05) is 11.6 Å². The highest BCUT2D eigenvalue weighted by atomic mass is 35.5. The van der Waals surface area contributed by atoms with Gasteiger partial charge in [-0.05, 0) is 12.1 Å². The van der Waals surface area contributed by atoms with Crippen LogP contribution in [-0.4, -0.2) is 19.2 Å². The van der Waals surface area contributed by atoms with E-state index in [0.29, 0.717) is 16.5 Å². The highest BCUT2D eigenvalue weighted by Gasteiger charge is 2.04. The van der Waals surface area contributed by atoms with E-state index in [0.717, 1.165) is 0 Å². The Morgan fingerprint density at radius 1 is 1.46 bits per heavy atom. The molecule has 0 aromatic carbocycles. The van der Waals surface area contributed by atoms with Gasteiger partial charge in [-0.3, -0.25) is 0 Å². The first-order valence-electron chi connectivity index (χ1n) is 3.67. The second kappa shape index (κ2) is 4.72. The zero-order valence-electron chi connectivity index (χ0n) is 7.45. The van der Waals surface area contributed by atoms with Crippen molar-refractivity contribution in [3.8, 4) is 5.75 Å². The van der Waals surface area contributed by atoms with Crippen molar-refractivity contribution in [2.24, 2.45) is 0 Å². The van der Waals surface area contributed by atoms with E-state index < -0.39 is 0 Å². The van der Waals surface area contributed by atoms with Crippen molar-refractivity contribution in [3.63, 3.8) is 0 Å². The maximum Gasteiger partial charge on any atom is 0.140 e. The van der Waals surface area contributed by atoms with Gasteiger partial charge in [0.05, 0.1) is 26.0 Å². The molecule has 13 heavy (non-hydrogen) atoms. The van der Waals surface area contributed by atoms with Crippen LogP contribution in [0.4, 0.5) is 0 Å². The highest BCUT2D eigenvalue weighted by Crippen LogP contribution is 2.25. The molecule has 0 aliphatic carbocycles. The molecular formula is C9H10ClNO2. The monoisotopic (exact) mass is 199 g/mol. The maximum absolute atomic E-state index is 5.85. The number of hydrogen-bond donors (Lipinski definition) is 0. The molecule has 4 heteroatoms. The van der Waals surface area contributed by atoms with E-state index in [9.17, 15) is 0 Å². The van der Waals surface area contributed by atoms with Gasteiger partial charge in [0.2, 0.25) is 0 Å². The van der Waals surface area contributed by atoms with E-state index in [4.69, 9.17) is 21.1 Å². The predicted octanol–water partition coefficient (Wildman–Crippen LogP) is 2.36. The Bertz CT molecular complexity index is 312. The molecule has 0 amide bonds. The molecule has 0 aliphatic rings. The van der Waals surface area contributed by atoms with Crippen molar-refractivity contribution < 1.29 is 9.47 Å². The van der Waals surface area contributed by atoms with E-state index in [1.54, 1.807) is 32.6 Å². The number of ether oxygens (including phenoxy) is 2. The fourth-order valence-corrected chi connectivity index (χ4v) is 1.11. The quantitative estimate of drug-likeness (QED) is 0.553. The van der Waals surface area contributed by atoms with Crippen molar-refractivity contribution in [1.82, 2.24) is 4.98 Å². The highest BCUT2D eigenvalue weighted by molar-refractivity contribution is 6.31. The second-order valence-electron chi connectivity index (χ2n) is 2.26. The SMILES string of the molecule is CO/C=C/c1c(OC)ccnc1Cl. The molecule has 1 heterocycles. The first kappa shape index (κ1) is 9.86. The Kier molecular flexibility index (Phi) is 3.58. The van der Waals surface area contributed by atoms with Crippen molar-refractivity contribution in [2.45, 2.75) is 0 Å². The summed E-state index contributed by atoms with van der Waals surface area (Å²) in [5.74, 6) is 0.674. The molecule has 0 unspecified atom stereocenters. The van der Waals surface area contributed by atoms with Gasteiger partial charge in [-0.25, -0.2) is 4.98 Å². The lowest BCUT2D eigenvalue weighted by Crippen LogP contribution is -1.89. The molecule has 0 saturated carbocycles. The zero-order chi connectivity index (χ0) is 9.68. The minimum atomic E-state index is 0.396. The molecule has 0 N–H and O–H groups in total. The van der Waals surface area contributed by atoms with E-state index in [1.807, 2.05) is 0 Å². The Hall–Kier alpha value is -1.22. The third-order valence-electron chi connectivity index (χ3n) is 1.49. The Balaban J connectivity index is 3.07. The van der Waals surface area contributed by atoms with Gasteiger partial charge in [0.15, 0.2) is 0 Å². The van der Waals surface area contributed by atoms with E-state index in [-0.39, 0.29) is 0 Å². The Labute approximate surface area is 82.0 Å². The van der Waals surface area contributed by atoms with Crippen molar-refractivity contribution >= 4 is 17.7 Å². The largest absolute Gasteiger partial charge is 0.504 e. The smallest absolute Gasteiger partial charge is 0.140 e. The van der Waals surface area contributed by atoms with Crippen LogP contribution in [0, 0.1) is 0 Å². The van der Waals surface area contributed by atoms with Crippen LogP contribution in [0.2, 0.25) is 5.15 Å². The number of halogens is 1. The average molecular weight is 200 g/mol. The normalized spacial score (nSPS) is 10.4. The Morgan fingerprint density at radius 2 is 2.23 bits per heavy atom. The van der Waals surface area contributed by atoms with Crippen molar-refractivity contribution in [3.05, 3.63) is 29.2 Å². The van der Waals surface area contributed by atoms with E-state index in [1.165, 1.54) is 6.26 Å². The number of methoxy groups -OCH3 is 2. The topological polar surface area (TPSA) is 31.4 Å². The molecule has 0 bridgehead atoms. The minimum absolute atomic E-state index is 0.396. The molecular weight excluding hydrogens is 190 g/mol. The van der Waals surface area contributed by atoms with Crippen LogP contribution in [0.3, 0.4) is 0 Å². The first-order chi connectivity index (χ1) is 6.29. The second-order valence-corrected chi connectivity index (χ2v) is 2.61. The van der Waals surface area contributed by atoms with Gasteiger partial charge in [0.25, 0.3) is 0 Å². The Morgan fingerprint density at radius 3 is 2.85 bits per heavy atom. The lowest BCUT2D eigenvalue weighted by molar-refractivity contribution is 0.341. The van der Waals surface area contributed by atoms with Crippen LogP contribution in [0.25, 0.3) is 6.08 Å². The maximum atomic E-state index is 5.85. The summed E-state index contributed by atoms with van der Waals surface area (Å²) in [6.07, 6.45) is 4.81. The van der Waals surface area contributed by atoms with Gasteiger partial charge in [-0.15, -0.1) is 0 Å². The van der Waals surface area contributed by atoms with Crippen LogP contribution in [0.15, 0.2) is 18.5 Å². The molecule has 0 spiro atoms. The van der Waals surface area contributed by atoms with Crippen LogP contribution >= 0.6 is 11.6 Å². The number of aromatic nitrogens is 1. The van der Waals surface area contributed by atoms with Gasteiger partial charge in [-0.2, -0.15) is 0 Å². The van der Waals surface area contributed by atoms with Gasteiger partial charge in [0.1, 0.15) is 10.9 Å². The van der Waals surface area contributed by atoms with E-state index >= 15 is 0 Å². The zero-order valence-corrected chi connectivity index (χ0v) is 8.21.